The molecule has 2 atom stereocenters. The Bertz CT molecular complexity index is 329. The Kier molecular flexibility index (Phi) is 3.62. The lowest BCUT2D eigenvalue weighted by atomic mass is 9.96. The van der Waals surface area contributed by atoms with E-state index in [4.69, 9.17) is 16.3 Å². The molecule has 2 rings (SSSR count). The van der Waals surface area contributed by atoms with Crippen molar-refractivity contribution in [2.75, 3.05) is 13.7 Å². The molecular weight excluding hydrogens is 210 g/mol. The van der Waals surface area contributed by atoms with E-state index in [-0.39, 0.29) is 11.6 Å². The van der Waals surface area contributed by atoms with Crippen LogP contribution >= 0.6 is 11.6 Å². The second-order valence-corrected chi connectivity index (χ2v) is 4.33. The molecule has 1 heterocycles. The summed E-state index contributed by atoms with van der Waals surface area (Å²) < 4.78 is 5.75. The van der Waals surface area contributed by atoms with Crippen LogP contribution in [0.1, 0.15) is 23.7 Å². The van der Waals surface area contributed by atoms with Gasteiger partial charge < -0.3 is 10.1 Å². The molecule has 0 aromatic heterocycles. The molecule has 0 saturated heterocycles. The molecule has 1 aromatic carbocycles. The minimum atomic E-state index is -0.0267. The first-order chi connectivity index (χ1) is 7.31. The largest absolute Gasteiger partial charge is 0.373 e. The standard InChI is InChI=1S/C12H16ClNO/c1-14-12(13)8-11-10-5-3-2-4-9(10)6-7-15-11/h2-5,11-12,14H,6-8H2,1H3. The van der Waals surface area contributed by atoms with E-state index < -0.39 is 0 Å². The highest BCUT2D eigenvalue weighted by Gasteiger charge is 2.22. The van der Waals surface area contributed by atoms with Crippen molar-refractivity contribution in [3.63, 3.8) is 0 Å². The van der Waals surface area contributed by atoms with E-state index in [1.54, 1.807) is 0 Å². The average molecular weight is 226 g/mol. The topological polar surface area (TPSA) is 21.3 Å². The molecule has 0 saturated carbocycles. The molecule has 0 bridgehead atoms. The number of rotatable bonds is 3. The lowest BCUT2D eigenvalue weighted by Gasteiger charge is -2.27. The predicted molar refractivity (Wildman–Crippen MR) is 62.2 cm³/mol. The van der Waals surface area contributed by atoms with E-state index in [0.29, 0.717) is 0 Å². The Morgan fingerprint density at radius 2 is 2.33 bits per heavy atom. The number of benzene rings is 1. The van der Waals surface area contributed by atoms with Crippen LogP contribution in [0.3, 0.4) is 0 Å². The van der Waals surface area contributed by atoms with Crippen LogP contribution in [0.4, 0.5) is 0 Å². The Morgan fingerprint density at radius 1 is 1.53 bits per heavy atom. The third-order valence-corrected chi connectivity index (χ3v) is 3.22. The van der Waals surface area contributed by atoms with Gasteiger partial charge in [-0.2, -0.15) is 0 Å². The molecule has 0 fully saturated rings. The molecular formula is C12H16ClNO. The maximum Gasteiger partial charge on any atom is 0.0854 e. The van der Waals surface area contributed by atoms with Gasteiger partial charge in [0.25, 0.3) is 0 Å². The van der Waals surface area contributed by atoms with Gasteiger partial charge in [0.05, 0.1) is 18.2 Å². The van der Waals surface area contributed by atoms with Crippen molar-refractivity contribution in [3.8, 4) is 0 Å². The third kappa shape index (κ3) is 2.51. The fourth-order valence-corrected chi connectivity index (χ4v) is 2.14. The zero-order valence-corrected chi connectivity index (χ0v) is 9.63. The molecule has 0 radical (unpaired) electrons. The Labute approximate surface area is 95.6 Å². The number of hydrogen-bond donors (Lipinski definition) is 1. The molecule has 0 aliphatic carbocycles. The molecule has 1 N–H and O–H groups in total. The van der Waals surface area contributed by atoms with Crippen molar-refractivity contribution in [2.45, 2.75) is 24.4 Å². The Morgan fingerprint density at radius 3 is 3.13 bits per heavy atom. The van der Waals surface area contributed by atoms with Crippen LogP contribution in [0.25, 0.3) is 0 Å². The molecule has 1 aromatic rings. The number of hydrogen-bond acceptors (Lipinski definition) is 2. The summed E-state index contributed by atoms with van der Waals surface area (Å²) in [6, 6.07) is 8.45. The van der Waals surface area contributed by atoms with Crippen LogP contribution in [0.5, 0.6) is 0 Å². The molecule has 15 heavy (non-hydrogen) atoms. The Hall–Kier alpha value is -0.570. The van der Waals surface area contributed by atoms with Crippen LogP contribution in [-0.2, 0) is 11.2 Å². The molecule has 3 heteroatoms. The summed E-state index contributed by atoms with van der Waals surface area (Å²) in [6.45, 7) is 0.801. The number of alkyl halides is 1. The summed E-state index contributed by atoms with van der Waals surface area (Å²) >= 11 is 6.07. The SMILES string of the molecule is CNC(Cl)CC1OCCc2ccccc21. The van der Waals surface area contributed by atoms with Crippen molar-refractivity contribution < 1.29 is 4.74 Å². The lowest BCUT2D eigenvalue weighted by molar-refractivity contribution is 0.0348. The third-order valence-electron chi connectivity index (χ3n) is 2.83. The monoisotopic (exact) mass is 225 g/mol. The molecule has 1 aliphatic rings. The van der Waals surface area contributed by atoms with Gasteiger partial charge in [-0.15, -0.1) is 11.6 Å². The zero-order valence-electron chi connectivity index (χ0n) is 8.87. The highest BCUT2D eigenvalue weighted by atomic mass is 35.5. The summed E-state index contributed by atoms with van der Waals surface area (Å²) in [5.41, 5.74) is 2.67. The highest BCUT2D eigenvalue weighted by molar-refractivity contribution is 6.20. The molecule has 1 aliphatic heterocycles. The van der Waals surface area contributed by atoms with Crippen LogP contribution in [0.15, 0.2) is 24.3 Å². The highest BCUT2D eigenvalue weighted by Crippen LogP contribution is 2.30. The second-order valence-electron chi connectivity index (χ2n) is 3.80. The van der Waals surface area contributed by atoms with E-state index >= 15 is 0 Å². The van der Waals surface area contributed by atoms with Crippen LogP contribution in [-0.4, -0.2) is 19.2 Å². The molecule has 2 nitrogen and oxygen atoms in total. The first-order valence-corrected chi connectivity index (χ1v) is 5.75. The van der Waals surface area contributed by atoms with Crippen molar-refractivity contribution >= 4 is 11.6 Å². The molecule has 82 valence electrons. The number of ether oxygens (including phenoxy) is 1. The maximum absolute atomic E-state index is 6.07. The number of fused-ring (bicyclic) bond motifs is 1. The number of nitrogens with one attached hydrogen (secondary N) is 1. The summed E-state index contributed by atoms with van der Waals surface area (Å²) in [4.78, 5) is 0. The fraction of sp³-hybridized carbons (Fsp3) is 0.500. The van der Waals surface area contributed by atoms with Crippen molar-refractivity contribution in [1.29, 1.82) is 0 Å². The summed E-state index contributed by atoms with van der Waals surface area (Å²) in [5, 5.41) is 3.03. The van der Waals surface area contributed by atoms with E-state index in [9.17, 15) is 0 Å². The van der Waals surface area contributed by atoms with E-state index in [2.05, 4.69) is 29.6 Å². The quantitative estimate of drug-likeness (QED) is 0.631. The maximum atomic E-state index is 6.07. The average Bonchev–Trinajstić information content (AvgIpc) is 2.29. The van der Waals surface area contributed by atoms with Gasteiger partial charge in [-0.1, -0.05) is 24.3 Å². The second kappa shape index (κ2) is 4.97. The van der Waals surface area contributed by atoms with Gasteiger partial charge in [0.1, 0.15) is 0 Å². The fourth-order valence-electron chi connectivity index (χ4n) is 1.98. The normalized spacial score (nSPS) is 22.1. The molecule has 0 amide bonds. The van der Waals surface area contributed by atoms with Crippen molar-refractivity contribution in [1.82, 2.24) is 5.32 Å². The predicted octanol–water partition coefficient (Wildman–Crippen LogP) is 2.47. The first kappa shape index (κ1) is 10.9. The number of halogens is 1. The van der Waals surface area contributed by atoms with Crippen molar-refractivity contribution in [2.24, 2.45) is 0 Å². The van der Waals surface area contributed by atoms with Gasteiger partial charge in [0, 0.05) is 6.42 Å². The van der Waals surface area contributed by atoms with Gasteiger partial charge in [0.2, 0.25) is 0 Å². The van der Waals surface area contributed by atoms with Gasteiger partial charge in [-0.3, -0.25) is 0 Å². The van der Waals surface area contributed by atoms with Gasteiger partial charge in [-0.05, 0) is 24.6 Å². The summed E-state index contributed by atoms with van der Waals surface area (Å²) in [5.74, 6) is 0. The summed E-state index contributed by atoms with van der Waals surface area (Å²) in [6.07, 6.45) is 1.97. The molecule has 0 spiro atoms. The van der Waals surface area contributed by atoms with Gasteiger partial charge >= 0.3 is 0 Å². The molecule has 2 unspecified atom stereocenters. The van der Waals surface area contributed by atoms with E-state index in [0.717, 1.165) is 19.4 Å². The van der Waals surface area contributed by atoms with E-state index in [1.807, 2.05) is 7.05 Å². The lowest BCUT2D eigenvalue weighted by Crippen LogP contribution is -2.25. The van der Waals surface area contributed by atoms with E-state index in [1.165, 1.54) is 11.1 Å². The van der Waals surface area contributed by atoms with Crippen LogP contribution < -0.4 is 5.32 Å². The Balaban J connectivity index is 2.15. The minimum absolute atomic E-state index is 0.0267. The van der Waals surface area contributed by atoms with Crippen LogP contribution in [0, 0.1) is 0 Å². The summed E-state index contributed by atoms with van der Waals surface area (Å²) in [7, 11) is 1.87. The van der Waals surface area contributed by atoms with Gasteiger partial charge in [-0.25, -0.2) is 0 Å². The zero-order chi connectivity index (χ0) is 10.7. The van der Waals surface area contributed by atoms with Gasteiger partial charge in [0.15, 0.2) is 0 Å². The first-order valence-electron chi connectivity index (χ1n) is 5.32. The smallest absolute Gasteiger partial charge is 0.0854 e. The van der Waals surface area contributed by atoms with Crippen LogP contribution in [0.2, 0.25) is 0 Å². The minimum Gasteiger partial charge on any atom is -0.373 e. The van der Waals surface area contributed by atoms with Crippen molar-refractivity contribution in [3.05, 3.63) is 35.4 Å².